The Morgan fingerprint density at radius 2 is 1.90 bits per heavy atom. The molecule has 1 saturated carbocycles. The number of halogens is 3. The molecule has 0 bridgehead atoms. The zero-order valence-electron chi connectivity index (χ0n) is 11.3. The van der Waals surface area contributed by atoms with Gasteiger partial charge >= 0.3 is 0 Å². The van der Waals surface area contributed by atoms with Crippen molar-refractivity contribution in [2.24, 2.45) is 0 Å². The van der Waals surface area contributed by atoms with Crippen molar-refractivity contribution in [1.29, 1.82) is 0 Å². The minimum absolute atomic E-state index is 0.000823. The summed E-state index contributed by atoms with van der Waals surface area (Å²) in [5.41, 5.74) is 0.767. The van der Waals surface area contributed by atoms with E-state index < -0.39 is 0 Å². The fourth-order valence-corrected chi connectivity index (χ4v) is 2.71. The lowest BCUT2D eigenvalue weighted by atomic mass is 10.2. The van der Waals surface area contributed by atoms with Crippen molar-refractivity contribution in [2.45, 2.75) is 32.4 Å². The summed E-state index contributed by atoms with van der Waals surface area (Å²) in [6.07, 6.45) is 2.39. The van der Waals surface area contributed by atoms with Gasteiger partial charge in [-0.05, 0) is 37.1 Å². The molecule has 110 valence electrons. The van der Waals surface area contributed by atoms with Gasteiger partial charge in [-0.1, -0.05) is 41.7 Å². The summed E-state index contributed by atoms with van der Waals surface area (Å²) >= 11 is 17.9. The first kappa shape index (κ1) is 15.9. The van der Waals surface area contributed by atoms with Crippen LogP contribution in [-0.2, 0) is 11.3 Å². The number of carbonyl (C=O) groups is 1. The molecule has 0 radical (unpaired) electrons. The van der Waals surface area contributed by atoms with Crippen molar-refractivity contribution < 1.29 is 4.79 Å². The molecule has 1 aromatic rings. The number of amides is 1. The molecule has 0 atom stereocenters. The number of hydrogen-bond donors (Lipinski definition) is 1. The van der Waals surface area contributed by atoms with E-state index >= 15 is 0 Å². The summed E-state index contributed by atoms with van der Waals surface area (Å²) in [7, 11) is 0. The van der Waals surface area contributed by atoms with Crippen LogP contribution in [-0.4, -0.2) is 29.9 Å². The molecule has 1 aliphatic rings. The maximum Gasteiger partial charge on any atom is 0.234 e. The van der Waals surface area contributed by atoms with Crippen molar-refractivity contribution in [2.75, 3.05) is 13.1 Å². The van der Waals surface area contributed by atoms with Crippen LogP contribution in [0.2, 0.25) is 15.1 Å². The molecule has 1 fully saturated rings. The van der Waals surface area contributed by atoms with Gasteiger partial charge in [0.2, 0.25) is 5.91 Å². The summed E-state index contributed by atoms with van der Waals surface area (Å²) in [6, 6.07) is 3.86. The molecular weight excluding hydrogens is 319 g/mol. The smallest absolute Gasteiger partial charge is 0.234 e. The first-order chi connectivity index (χ1) is 9.51. The van der Waals surface area contributed by atoms with E-state index in [1.54, 1.807) is 12.1 Å². The lowest BCUT2D eigenvalue weighted by molar-refractivity contribution is -0.122. The molecule has 1 aliphatic carbocycles. The van der Waals surface area contributed by atoms with Gasteiger partial charge in [0.1, 0.15) is 0 Å². The monoisotopic (exact) mass is 334 g/mol. The van der Waals surface area contributed by atoms with Crippen LogP contribution in [0.5, 0.6) is 0 Å². The van der Waals surface area contributed by atoms with E-state index in [4.69, 9.17) is 34.8 Å². The third kappa shape index (κ3) is 4.26. The zero-order chi connectivity index (χ0) is 14.7. The number of rotatable bonds is 6. The predicted octanol–water partition coefficient (Wildman–Crippen LogP) is 3.75. The van der Waals surface area contributed by atoms with E-state index in [0.717, 1.165) is 12.1 Å². The summed E-state index contributed by atoms with van der Waals surface area (Å²) in [5.74, 6) is 0.000823. The highest BCUT2D eigenvalue weighted by Gasteiger charge is 2.28. The summed E-state index contributed by atoms with van der Waals surface area (Å²) in [6.45, 7) is 3.75. The molecule has 0 unspecified atom stereocenters. The van der Waals surface area contributed by atoms with Crippen LogP contribution in [0.15, 0.2) is 12.1 Å². The van der Waals surface area contributed by atoms with E-state index in [0.29, 0.717) is 34.2 Å². The molecule has 0 spiro atoms. The van der Waals surface area contributed by atoms with Crippen molar-refractivity contribution in [3.05, 3.63) is 32.8 Å². The molecular formula is C14H17Cl3N2O. The van der Waals surface area contributed by atoms with Gasteiger partial charge in [0.05, 0.1) is 16.6 Å². The fraction of sp³-hybridized carbons (Fsp3) is 0.500. The Labute approximate surface area is 134 Å². The maximum atomic E-state index is 11.9. The van der Waals surface area contributed by atoms with Gasteiger partial charge in [-0.2, -0.15) is 0 Å². The predicted molar refractivity (Wildman–Crippen MR) is 83.6 cm³/mol. The van der Waals surface area contributed by atoms with Crippen molar-refractivity contribution >= 4 is 40.7 Å². The second-order valence-corrected chi connectivity index (χ2v) is 6.15. The average molecular weight is 336 g/mol. The van der Waals surface area contributed by atoms with Gasteiger partial charge in [-0.15, -0.1) is 0 Å². The third-order valence-electron chi connectivity index (χ3n) is 3.38. The highest BCUT2D eigenvalue weighted by Crippen LogP contribution is 2.29. The van der Waals surface area contributed by atoms with Gasteiger partial charge < -0.3 is 5.32 Å². The van der Waals surface area contributed by atoms with E-state index in [2.05, 4.69) is 17.1 Å². The van der Waals surface area contributed by atoms with Crippen LogP contribution >= 0.6 is 34.8 Å². The molecule has 0 saturated heterocycles. The number of nitrogens with one attached hydrogen (secondary N) is 1. The van der Waals surface area contributed by atoms with Crippen LogP contribution in [0.3, 0.4) is 0 Å². The highest BCUT2D eigenvalue weighted by molar-refractivity contribution is 6.43. The largest absolute Gasteiger partial charge is 0.351 e. The molecule has 0 aliphatic heterocycles. The van der Waals surface area contributed by atoms with Gasteiger partial charge in [-0.25, -0.2) is 0 Å². The van der Waals surface area contributed by atoms with Crippen molar-refractivity contribution in [1.82, 2.24) is 10.2 Å². The Balaban J connectivity index is 1.88. The lowest BCUT2D eigenvalue weighted by Crippen LogP contribution is -2.38. The van der Waals surface area contributed by atoms with Crippen LogP contribution in [0.4, 0.5) is 0 Å². The van der Waals surface area contributed by atoms with Gasteiger partial charge in [0, 0.05) is 17.6 Å². The zero-order valence-corrected chi connectivity index (χ0v) is 13.5. The Hall–Kier alpha value is -0.480. The van der Waals surface area contributed by atoms with Crippen LogP contribution in [0.1, 0.15) is 25.3 Å². The second-order valence-electron chi connectivity index (χ2n) is 4.93. The Kier molecular flexibility index (Phi) is 5.56. The summed E-state index contributed by atoms with van der Waals surface area (Å²) in [4.78, 5) is 14.1. The summed E-state index contributed by atoms with van der Waals surface area (Å²) < 4.78 is 0. The Bertz CT molecular complexity index is 503. The number of likely N-dealkylation sites (N-methyl/N-ethyl adjacent to an activating group) is 1. The quantitative estimate of drug-likeness (QED) is 0.803. The third-order valence-corrected chi connectivity index (χ3v) is 4.46. The molecule has 1 aromatic carbocycles. The second kappa shape index (κ2) is 6.99. The Morgan fingerprint density at radius 3 is 2.50 bits per heavy atom. The normalized spacial score (nSPS) is 14.7. The van der Waals surface area contributed by atoms with E-state index in [1.165, 1.54) is 12.8 Å². The van der Waals surface area contributed by atoms with E-state index in [9.17, 15) is 4.79 Å². The van der Waals surface area contributed by atoms with E-state index in [1.807, 2.05) is 0 Å². The molecule has 20 heavy (non-hydrogen) atoms. The maximum absolute atomic E-state index is 11.9. The van der Waals surface area contributed by atoms with Crippen LogP contribution in [0, 0.1) is 0 Å². The Morgan fingerprint density at radius 1 is 1.25 bits per heavy atom. The molecule has 0 heterocycles. The molecule has 2 rings (SSSR count). The van der Waals surface area contributed by atoms with Crippen LogP contribution in [0.25, 0.3) is 0 Å². The van der Waals surface area contributed by atoms with Crippen molar-refractivity contribution in [3.63, 3.8) is 0 Å². The molecule has 0 aromatic heterocycles. The van der Waals surface area contributed by atoms with Gasteiger partial charge in [0.25, 0.3) is 0 Å². The molecule has 6 heteroatoms. The van der Waals surface area contributed by atoms with Crippen LogP contribution < -0.4 is 5.32 Å². The first-order valence-corrected chi connectivity index (χ1v) is 7.78. The van der Waals surface area contributed by atoms with Gasteiger partial charge in [-0.3, -0.25) is 9.69 Å². The minimum Gasteiger partial charge on any atom is -0.351 e. The standard InChI is InChI=1S/C14H17Cl3N2O/c1-2-19(10-3-4-10)8-14(20)18-7-9-5-12(16)13(17)6-11(9)15/h5-6,10H,2-4,7-8H2,1H3,(H,18,20). The number of hydrogen-bond acceptors (Lipinski definition) is 2. The SMILES string of the molecule is CCN(CC(=O)NCc1cc(Cl)c(Cl)cc1Cl)C1CC1. The lowest BCUT2D eigenvalue weighted by Gasteiger charge is -2.19. The number of nitrogens with zero attached hydrogens (tertiary/aromatic N) is 1. The summed E-state index contributed by atoms with van der Waals surface area (Å²) in [5, 5.41) is 4.23. The fourth-order valence-electron chi connectivity index (χ4n) is 2.07. The minimum atomic E-state index is 0.000823. The first-order valence-electron chi connectivity index (χ1n) is 6.65. The molecule has 3 nitrogen and oxygen atoms in total. The number of benzene rings is 1. The number of carbonyl (C=O) groups excluding carboxylic acids is 1. The molecule has 1 N–H and O–H groups in total. The van der Waals surface area contributed by atoms with E-state index in [-0.39, 0.29) is 5.91 Å². The van der Waals surface area contributed by atoms with Gasteiger partial charge in [0.15, 0.2) is 0 Å². The average Bonchev–Trinajstić information content (AvgIpc) is 3.23. The highest BCUT2D eigenvalue weighted by atomic mass is 35.5. The molecule has 1 amide bonds. The topological polar surface area (TPSA) is 32.3 Å². The van der Waals surface area contributed by atoms with Crippen molar-refractivity contribution in [3.8, 4) is 0 Å².